The molecule has 0 bridgehead atoms. The van der Waals surface area contributed by atoms with Crippen LogP contribution >= 0.6 is 11.6 Å². The van der Waals surface area contributed by atoms with E-state index in [1.165, 1.54) is 11.1 Å². The number of nitrogens with zero attached hydrogens (tertiary/aromatic N) is 1. The van der Waals surface area contributed by atoms with Gasteiger partial charge < -0.3 is 9.73 Å². The van der Waals surface area contributed by atoms with Gasteiger partial charge >= 0.3 is 0 Å². The van der Waals surface area contributed by atoms with Crippen molar-refractivity contribution in [2.45, 2.75) is 13.0 Å². The van der Waals surface area contributed by atoms with Gasteiger partial charge in [0.15, 0.2) is 5.58 Å². The third kappa shape index (κ3) is 1.99. The van der Waals surface area contributed by atoms with E-state index in [0.717, 1.165) is 36.2 Å². The summed E-state index contributed by atoms with van der Waals surface area (Å²) in [7, 11) is 0. The van der Waals surface area contributed by atoms with Crippen LogP contribution in [0, 0.1) is 0 Å². The van der Waals surface area contributed by atoms with Crippen LogP contribution in [0.4, 0.5) is 0 Å². The molecule has 0 radical (unpaired) electrons. The molecule has 4 rings (SSSR count). The molecule has 0 amide bonds. The lowest BCUT2D eigenvalue weighted by atomic mass is 9.98. The van der Waals surface area contributed by atoms with Gasteiger partial charge in [0, 0.05) is 23.2 Å². The van der Waals surface area contributed by atoms with Crippen LogP contribution in [0.5, 0.6) is 0 Å². The molecule has 1 aliphatic heterocycles. The van der Waals surface area contributed by atoms with Crippen molar-refractivity contribution in [3.05, 3.63) is 52.5 Å². The Bertz CT molecular complexity index is 794. The minimum absolute atomic E-state index is 0.649. The molecule has 0 unspecified atom stereocenters. The van der Waals surface area contributed by atoms with E-state index in [4.69, 9.17) is 16.0 Å². The van der Waals surface area contributed by atoms with E-state index in [9.17, 15) is 0 Å². The Kier molecular flexibility index (Phi) is 2.76. The highest BCUT2D eigenvalue weighted by atomic mass is 35.5. The van der Waals surface area contributed by atoms with Gasteiger partial charge in [0.1, 0.15) is 5.52 Å². The zero-order chi connectivity index (χ0) is 13.5. The van der Waals surface area contributed by atoms with Crippen LogP contribution in [0.15, 0.2) is 40.8 Å². The highest BCUT2D eigenvalue weighted by Crippen LogP contribution is 2.28. The van der Waals surface area contributed by atoms with Gasteiger partial charge in [0.25, 0.3) is 0 Å². The summed E-state index contributed by atoms with van der Waals surface area (Å²) in [6, 6.07) is 11.9. The largest absolute Gasteiger partial charge is 0.436 e. The first kappa shape index (κ1) is 11.9. The number of hydrogen-bond acceptors (Lipinski definition) is 3. The van der Waals surface area contributed by atoms with E-state index in [1.54, 1.807) is 6.07 Å². The summed E-state index contributed by atoms with van der Waals surface area (Å²) in [5.41, 5.74) is 5.31. The Morgan fingerprint density at radius 3 is 3.00 bits per heavy atom. The standard InChI is InChI=1S/C16H13ClN2O/c17-13-3-4-14-15(8-13)20-16(19-14)11-2-1-10-5-6-18-9-12(10)7-11/h1-4,7-8,18H,5-6,9H2. The quantitative estimate of drug-likeness (QED) is 0.739. The molecular weight excluding hydrogens is 272 g/mol. The summed E-state index contributed by atoms with van der Waals surface area (Å²) in [5.74, 6) is 0.649. The topological polar surface area (TPSA) is 38.1 Å². The molecule has 20 heavy (non-hydrogen) atoms. The SMILES string of the molecule is Clc1ccc2nc(-c3ccc4c(c3)CNCC4)oc2c1. The molecule has 0 atom stereocenters. The number of nitrogens with one attached hydrogen (secondary N) is 1. The Labute approximate surface area is 121 Å². The van der Waals surface area contributed by atoms with Gasteiger partial charge in [-0.15, -0.1) is 0 Å². The average molecular weight is 285 g/mol. The fourth-order valence-electron chi connectivity index (χ4n) is 2.64. The van der Waals surface area contributed by atoms with Gasteiger partial charge in [-0.3, -0.25) is 0 Å². The zero-order valence-electron chi connectivity index (χ0n) is 10.8. The molecule has 4 heteroatoms. The van der Waals surface area contributed by atoms with Gasteiger partial charge in [0.05, 0.1) is 0 Å². The van der Waals surface area contributed by atoms with Crippen LogP contribution in [0.2, 0.25) is 5.02 Å². The van der Waals surface area contributed by atoms with Crippen molar-refractivity contribution in [2.24, 2.45) is 0 Å². The molecule has 2 aromatic carbocycles. The lowest BCUT2D eigenvalue weighted by molar-refractivity contribution is 0.617. The van der Waals surface area contributed by atoms with Crippen molar-refractivity contribution in [3.8, 4) is 11.5 Å². The summed E-state index contributed by atoms with van der Waals surface area (Å²) in [5, 5.41) is 4.05. The maximum absolute atomic E-state index is 5.97. The lowest BCUT2D eigenvalue weighted by Gasteiger charge is -2.17. The van der Waals surface area contributed by atoms with E-state index >= 15 is 0 Å². The Balaban J connectivity index is 1.82. The molecule has 2 heterocycles. The second-order valence-corrected chi connectivity index (χ2v) is 5.48. The molecule has 1 N–H and O–H groups in total. The first-order chi connectivity index (χ1) is 9.79. The summed E-state index contributed by atoms with van der Waals surface area (Å²) in [6.45, 7) is 1.96. The molecule has 0 fully saturated rings. The molecule has 3 aromatic rings. The summed E-state index contributed by atoms with van der Waals surface area (Å²) in [6.07, 6.45) is 1.08. The first-order valence-electron chi connectivity index (χ1n) is 6.68. The van der Waals surface area contributed by atoms with E-state index in [0.29, 0.717) is 10.9 Å². The van der Waals surface area contributed by atoms with Gasteiger partial charge in [-0.1, -0.05) is 17.7 Å². The van der Waals surface area contributed by atoms with E-state index < -0.39 is 0 Å². The number of halogens is 1. The van der Waals surface area contributed by atoms with Crippen LogP contribution in [0.1, 0.15) is 11.1 Å². The number of hydrogen-bond donors (Lipinski definition) is 1. The Morgan fingerprint density at radius 2 is 2.05 bits per heavy atom. The Hall–Kier alpha value is -1.84. The molecule has 0 saturated heterocycles. The van der Waals surface area contributed by atoms with E-state index in [1.807, 2.05) is 12.1 Å². The van der Waals surface area contributed by atoms with Crippen molar-refractivity contribution in [1.82, 2.24) is 10.3 Å². The molecule has 100 valence electrons. The molecule has 1 aromatic heterocycles. The molecule has 0 aliphatic carbocycles. The summed E-state index contributed by atoms with van der Waals surface area (Å²) in [4.78, 5) is 4.53. The van der Waals surface area contributed by atoms with Crippen molar-refractivity contribution in [2.75, 3.05) is 6.54 Å². The van der Waals surface area contributed by atoms with Crippen LogP contribution in [0.3, 0.4) is 0 Å². The van der Waals surface area contributed by atoms with E-state index in [2.05, 4.69) is 28.5 Å². The normalized spacial score (nSPS) is 14.4. The lowest BCUT2D eigenvalue weighted by Crippen LogP contribution is -2.23. The average Bonchev–Trinajstić information content (AvgIpc) is 2.89. The summed E-state index contributed by atoms with van der Waals surface area (Å²) >= 11 is 5.97. The van der Waals surface area contributed by atoms with Crippen molar-refractivity contribution < 1.29 is 4.42 Å². The molecule has 3 nitrogen and oxygen atoms in total. The minimum atomic E-state index is 0.649. The third-order valence-electron chi connectivity index (χ3n) is 3.69. The maximum Gasteiger partial charge on any atom is 0.227 e. The van der Waals surface area contributed by atoms with Crippen LogP contribution in [-0.2, 0) is 13.0 Å². The Morgan fingerprint density at radius 1 is 1.10 bits per heavy atom. The highest BCUT2D eigenvalue weighted by molar-refractivity contribution is 6.31. The van der Waals surface area contributed by atoms with Gasteiger partial charge in [0.2, 0.25) is 5.89 Å². The first-order valence-corrected chi connectivity index (χ1v) is 7.06. The number of rotatable bonds is 1. The van der Waals surface area contributed by atoms with Crippen molar-refractivity contribution >= 4 is 22.7 Å². The fourth-order valence-corrected chi connectivity index (χ4v) is 2.80. The number of benzene rings is 2. The zero-order valence-corrected chi connectivity index (χ0v) is 11.6. The number of fused-ring (bicyclic) bond motifs is 2. The predicted molar refractivity (Wildman–Crippen MR) is 79.9 cm³/mol. The summed E-state index contributed by atoms with van der Waals surface area (Å²) < 4.78 is 5.81. The van der Waals surface area contributed by atoms with Gasteiger partial charge in [-0.05, 0) is 48.4 Å². The predicted octanol–water partition coefficient (Wildman–Crippen LogP) is 3.79. The monoisotopic (exact) mass is 284 g/mol. The molecule has 1 aliphatic rings. The van der Waals surface area contributed by atoms with Crippen molar-refractivity contribution in [1.29, 1.82) is 0 Å². The second-order valence-electron chi connectivity index (χ2n) is 5.04. The number of aromatic nitrogens is 1. The molecule has 0 saturated carbocycles. The van der Waals surface area contributed by atoms with Crippen LogP contribution in [0.25, 0.3) is 22.6 Å². The maximum atomic E-state index is 5.97. The van der Waals surface area contributed by atoms with Gasteiger partial charge in [-0.25, -0.2) is 4.98 Å². The fraction of sp³-hybridized carbons (Fsp3) is 0.188. The number of oxazole rings is 1. The highest BCUT2D eigenvalue weighted by Gasteiger charge is 2.13. The second kappa shape index (κ2) is 4.62. The van der Waals surface area contributed by atoms with Gasteiger partial charge in [-0.2, -0.15) is 0 Å². The van der Waals surface area contributed by atoms with Crippen molar-refractivity contribution in [3.63, 3.8) is 0 Å². The molecule has 0 spiro atoms. The molecular formula is C16H13ClN2O. The van der Waals surface area contributed by atoms with Crippen LogP contribution < -0.4 is 5.32 Å². The third-order valence-corrected chi connectivity index (χ3v) is 3.93. The minimum Gasteiger partial charge on any atom is -0.436 e. The van der Waals surface area contributed by atoms with Crippen LogP contribution in [-0.4, -0.2) is 11.5 Å². The van der Waals surface area contributed by atoms with E-state index in [-0.39, 0.29) is 0 Å². The smallest absolute Gasteiger partial charge is 0.227 e.